The van der Waals surface area contributed by atoms with E-state index in [-0.39, 0.29) is 11.5 Å². The summed E-state index contributed by atoms with van der Waals surface area (Å²) in [5.74, 6) is 1.07. The molecule has 0 saturated heterocycles. The average molecular weight is 485 g/mol. The first-order valence-corrected chi connectivity index (χ1v) is 11.6. The summed E-state index contributed by atoms with van der Waals surface area (Å²) < 4.78 is 42.2. The SMILES string of the molecule is COc1cc(N=Nc2ccc(S(=O)(=O)O)cc2)c(C)cc1N=Nc1ccc(OC[C@@H](C)O)cc1. The maximum Gasteiger partial charge on any atom is 0.294 e. The van der Waals surface area contributed by atoms with E-state index in [0.29, 0.717) is 34.2 Å². The molecule has 10 nitrogen and oxygen atoms in total. The third-order valence-corrected chi connectivity index (χ3v) is 5.37. The highest BCUT2D eigenvalue weighted by Gasteiger charge is 2.10. The predicted molar refractivity (Wildman–Crippen MR) is 126 cm³/mol. The number of hydrogen-bond donors (Lipinski definition) is 2. The smallest absolute Gasteiger partial charge is 0.294 e. The Morgan fingerprint density at radius 1 is 0.882 bits per heavy atom. The third kappa shape index (κ3) is 6.91. The highest BCUT2D eigenvalue weighted by atomic mass is 32.2. The molecule has 2 N–H and O–H groups in total. The number of aryl methyl sites for hydroxylation is 1. The topological polar surface area (TPSA) is 142 Å². The van der Waals surface area contributed by atoms with Gasteiger partial charge in [-0.25, -0.2) is 0 Å². The minimum Gasteiger partial charge on any atom is -0.494 e. The van der Waals surface area contributed by atoms with E-state index >= 15 is 0 Å². The van der Waals surface area contributed by atoms with Crippen LogP contribution < -0.4 is 9.47 Å². The van der Waals surface area contributed by atoms with Crippen LogP contribution in [0.1, 0.15) is 12.5 Å². The van der Waals surface area contributed by atoms with Crippen LogP contribution in [0.25, 0.3) is 0 Å². The van der Waals surface area contributed by atoms with Crippen molar-refractivity contribution >= 4 is 32.9 Å². The Labute approximate surface area is 197 Å². The van der Waals surface area contributed by atoms with E-state index in [0.717, 1.165) is 5.56 Å². The normalized spacial score (nSPS) is 12.9. The number of aliphatic hydroxyl groups excluding tert-OH is 1. The Balaban J connectivity index is 1.76. The Kier molecular flexibility index (Phi) is 8.05. The van der Waals surface area contributed by atoms with Crippen LogP contribution in [-0.4, -0.2) is 37.9 Å². The molecule has 1 atom stereocenters. The van der Waals surface area contributed by atoms with Crippen molar-refractivity contribution in [1.29, 1.82) is 0 Å². The Morgan fingerprint density at radius 3 is 1.97 bits per heavy atom. The second kappa shape index (κ2) is 11.0. The number of benzene rings is 3. The van der Waals surface area contributed by atoms with Gasteiger partial charge >= 0.3 is 0 Å². The largest absolute Gasteiger partial charge is 0.494 e. The van der Waals surface area contributed by atoms with Crippen LogP contribution in [0, 0.1) is 6.92 Å². The fourth-order valence-corrected chi connectivity index (χ4v) is 3.23. The Hall–Kier alpha value is -3.67. The molecule has 0 unspecified atom stereocenters. The van der Waals surface area contributed by atoms with Gasteiger partial charge in [0.05, 0.1) is 35.2 Å². The van der Waals surface area contributed by atoms with Crippen LogP contribution in [0.15, 0.2) is 86.0 Å². The van der Waals surface area contributed by atoms with Crippen LogP contribution in [0.5, 0.6) is 11.5 Å². The zero-order valence-corrected chi connectivity index (χ0v) is 19.6. The molecule has 3 aromatic carbocycles. The van der Waals surface area contributed by atoms with Crippen LogP contribution in [0.2, 0.25) is 0 Å². The van der Waals surface area contributed by atoms with Gasteiger partial charge in [0.25, 0.3) is 10.1 Å². The standard InChI is InChI=1S/C23H24N4O6S/c1-15-12-22(27-25-17-4-8-19(9-5-17)33-14-16(2)28)23(32-3)13-21(15)26-24-18-6-10-20(11-7-18)34(29,30)31/h4-13,16,28H,14H2,1-3H3,(H,29,30,31)/t16-/m1/s1. The van der Waals surface area contributed by atoms with Gasteiger partial charge in [-0.05, 0) is 74.0 Å². The van der Waals surface area contributed by atoms with Gasteiger partial charge in [0.2, 0.25) is 0 Å². The molecular weight excluding hydrogens is 460 g/mol. The molecule has 0 radical (unpaired) electrons. The van der Waals surface area contributed by atoms with Crippen molar-refractivity contribution in [1.82, 2.24) is 0 Å². The Morgan fingerprint density at radius 2 is 1.44 bits per heavy atom. The lowest BCUT2D eigenvalue weighted by Crippen LogP contribution is -2.12. The van der Waals surface area contributed by atoms with Crippen molar-refractivity contribution in [2.24, 2.45) is 20.5 Å². The van der Waals surface area contributed by atoms with E-state index < -0.39 is 16.2 Å². The molecule has 0 aliphatic carbocycles. The van der Waals surface area contributed by atoms with Crippen molar-refractivity contribution < 1.29 is 27.6 Å². The molecule has 0 bridgehead atoms. The second-order valence-electron chi connectivity index (χ2n) is 7.33. The molecular formula is C23H24N4O6S. The van der Waals surface area contributed by atoms with E-state index in [1.165, 1.54) is 31.4 Å². The summed E-state index contributed by atoms with van der Waals surface area (Å²) >= 11 is 0. The molecule has 0 saturated carbocycles. The van der Waals surface area contributed by atoms with Gasteiger partial charge in [-0.1, -0.05) is 0 Å². The van der Waals surface area contributed by atoms with Crippen molar-refractivity contribution in [2.75, 3.05) is 13.7 Å². The summed E-state index contributed by atoms with van der Waals surface area (Å²) in [6.07, 6.45) is -0.553. The molecule has 3 aromatic rings. The molecule has 0 amide bonds. The molecule has 178 valence electrons. The highest BCUT2D eigenvalue weighted by Crippen LogP contribution is 2.36. The zero-order valence-electron chi connectivity index (χ0n) is 18.8. The third-order valence-electron chi connectivity index (χ3n) is 4.51. The molecule has 0 fully saturated rings. The Bertz CT molecular complexity index is 1290. The number of aliphatic hydroxyl groups is 1. The monoisotopic (exact) mass is 484 g/mol. The van der Waals surface area contributed by atoms with Gasteiger partial charge in [0, 0.05) is 6.07 Å². The molecule has 0 aromatic heterocycles. The van der Waals surface area contributed by atoms with Crippen molar-refractivity contribution in [3.05, 3.63) is 66.2 Å². The number of hydrogen-bond acceptors (Lipinski definition) is 9. The van der Waals surface area contributed by atoms with E-state index in [2.05, 4.69) is 20.5 Å². The summed E-state index contributed by atoms with van der Waals surface area (Å²) in [6.45, 7) is 3.69. The fourth-order valence-electron chi connectivity index (χ4n) is 2.75. The van der Waals surface area contributed by atoms with Gasteiger partial charge in [-0.3, -0.25) is 4.55 Å². The minimum absolute atomic E-state index is 0.205. The van der Waals surface area contributed by atoms with E-state index in [1.807, 2.05) is 6.92 Å². The highest BCUT2D eigenvalue weighted by molar-refractivity contribution is 7.85. The van der Waals surface area contributed by atoms with E-state index in [1.54, 1.807) is 43.3 Å². The van der Waals surface area contributed by atoms with E-state index in [4.69, 9.17) is 14.0 Å². The first-order chi connectivity index (χ1) is 16.2. The molecule has 0 spiro atoms. The summed E-state index contributed by atoms with van der Waals surface area (Å²) in [4.78, 5) is -0.221. The zero-order chi connectivity index (χ0) is 24.7. The van der Waals surface area contributed by atoms with Gasteiger partial charge < -0.3 is 14.6 Å². The summed E-state index contributed by atoms with van der Waals surface area (Å²) in [5.41, 5.74) is 2.84. The van der Waals surface area contributed by atoms with Crippen LogP contribution in [0.3, 0.4) is 0 Å². The number of rotatable bonds is 9. The average Bonchev–Trinajstić information content (AvgIpc) is 2.81. The van der Waals surface area contributed by atoms with Gasteiger partial charge in [-0.2, -0.15) is 23.8 Å². The van der Waals surface area contributed by atoms with Crippen LogP contribution >= 0.6 is 0 Å². The van der Waals surface area contributed by atoms with Crippen molar-refractivity contribution in [3.8, 4) is 11.5 Å². The van der Waals surface area contributed by atoms with Gasteiger partial charge in [0.15, 0.2) is 0 Å². The lowest BCUT2D eigenvalue weighted by molar-refractivity contribution is 0.123. The maximum atomic E-state index is 11.1. The molecule has 34 heavy (non-hydrogen) atoms. The first-order valence-electron chi connectivity index (χ1n) is 10.2. The molecule has 3 rings (SSSR count). The number of methoxy groups -OCH3 is 1. The van der Waals surface area contributed by atoms with Gasteiger partial charge in [-0.15, -0.1) is 5.11 Å². The van der Waals surface area contributed by atoms with E-state index in [9.17, 15) is 13.5 Å². The lowest BCUT2D eigenvalue weighted by Gasteiger charge is -2.08. The summed E-state index contributed by atoms with van der Waals surface area (Å²) in [6, 6.07) is 15.8. The van der Waals surface area contributed by atoms with Crippen LogP contribution in [0.4, 0.5) is 22.7 Å². The molecule has 0 aliphatic rings. The summed E-state index contributed by atoms with van der Waals surface area (Å²) in [7, 11) is -2.76. The van der Waals surface area contributed by atoms with Crippen LogP contribution in [-0.2, 0) is 10.1 Å². The number of ether oxygens (including phenoxy) is 2. The number of azo groups is 2. The maximum absolute atomic E-state index is 11.1. The quantitative estimate of drug-likeness (QED) is 0.288. The lowest BCUT2D eigenvalue weighted by atomic mass is 10.1. The van der Waals surface area contributed by atoms with Gasteiger partial charge in [0.1, 0.15) is 23.8 Å². The summed E-state index contributed by atoms with van der Waals surface area (Å²) in [5, 5.41) is 26.1. The second-order valence-corrected chi connectivity index (χ2v) is 8.75. The molecule has 0 aliphatic heterocycles. The molecule has 0 heterocycles. The first kappa shape index (κ1) is 25.0. The minimum atomic E-state index is -4.26. The molecule has 11 heteroatoms. The fraction of sp³-hybridized carbons (Fsp3) is 0.217. The van der Waals surface area contributed by atoms with Crippen molar-refractivity contribution in [3.63, 3.8) is 0 Å². The number of nitrogens with zero attached hydrogens (tertiary/aromatic N) is 4. The van der Waals surface area contributed by atoms with Crippen molar-refractivity contribution in [2.45, 2.75) is 24.8 Å². The predicted octanol–water partition coefficient (Wildman–Crippen LogP) is 5.84.